The van der Waals surface area contributed by atoms with Gasteiger partial charge in [0.2, 0.25) is 10.0 Å². The van der Waals surface area contributed by atoms with E-state index in [0.717, 1.165) is 32.1 Å². The second-order valence-corrected chi connectivity index (χ2v) is 13.3. The molecule has 5 atom stereocenters. The smallest absolute Gasteiger partial charge is 0.312 e. The minimum absolute atomic E-state index is 0.0922. The van der Waals surface area contributed by atoms with Crippen LogP contribution in [0.4, 0.5) is 0 Å². The van der Waals surface area contributed by atoms with Gasteiger partial charge in [0, 0.05) is 0 Å². The van der Waals surface area contributed by atoms with Gasteiger partial charge in [0.05, 0.1) is 4.90 Å². The van der Waals surface area contributed by atoms with Gasteiger partial charge in [-0.05, 0) is 109 Å². The van der Waals surface area contributed by atoms with Gasteiger partial charge in [-0.25, -0.2) is 13.6 Å². The highest BCUT2D eigenvalue weighted by atomic mass is 32.2. The predicted octanol–water partition coefficient (Wildman–Crippen LogP) is 3.67. The highest BCUT2D eigenvalue weighted by Gasteiger charge is 2.59. The lowest BCUT2D eigenvalue weighted by Crippen LogP contribution is -2.47. The Balaban J connectivity index is 1.38. The van der Waals surface area contributed by atoms with Gasteiger partial charge in [-0.1, -0.05) is 13.0 Å². The molecule has 3 unspecified atom stereocenters. The van der Waals surface area contributed by atoms with E-state index in [0.29, 0.717) is 29.9 Å². The standard InChI is InChI=1S/C24H29NO6S2/c1-24-13-12-20-19-9-3-16(26)14-15(19)2-8-21(20)22(24)10-11-23(24)33(29,30)31-17-4-6-18(7-5-17)32(25,27)28/h3-7,9,14,20-23,26H,2,8,10-13H2,1H3,(H2,25,27,28)/t20?,21?,22?,23-,24-/m0/s1. The number of benzene rings is 2. The summed E-state index contributed by atoms with van der Waals surface area (Å²) >= 11 is 0. The zero-order chi connectivity index (χ0) is 23.6. The van der Waals surface area contributed by atoms with Crippen LogP contribution in [-0.4, -0.2) is 27.2 Å². The number of rotatable bonds is 4. The highest BCUT2D eigenvalue weighted by Crippen LogP contribution is 2.62. The maximum Gasteiger partial charge on any atom is 0.312 e. The Morgan fingerprint density at radius 1 is 1.00 bits per heavy atom. The summed E-state index contributed by atoms with van der Waals surface area (Å²) in [7, 11) is -7.77. The Morgan fingerprint density at radius 3 is 2.42 bits per heavy atom. The van der Waals surface area contributed by atoms with Crippen molar-refractivity contribution in [1.82, 2.24) is 0 Å². The Labute approximate surface area is 195 Å². The number of aryl methyl sites for hydroxylation is 1. The molecule has 178 valence electrons. The third kappa shape index (κ3) is 3.84. The van der Waals surface area contributed by atoms with Gasteiger partial charge in [-0.2, -0.15) is 8.42 Å². The quantitative estimate of drug-likeness (QED) is 0.629. The third-order valence-corrected chi connectivity index (χ3v) is 11.2. The number of hydrogen-bond donors (Lipinski definition) is 2. The van der Waals surface area contributed by atoms with Crippen LogP contribution in [0.2, 0.25) is 0 Å². The number of phenols is 1. The summed E-state index contributed by atoms with van der Waals surface area (Å²) in [6, 6.07) is 10.8. The third-order valence-electron chi connectivity index (χ3n) is 8.34. The number of aromatic hydroxyl groups is 1. The lowest BCUT2D eigenvalue weighted by Gasteiger charge is -2.50. The fourth-order valence-corrected chi connectivity index (χ4v) is 9.26. The van der Waals surface area contributed by atoms with Gasteiger partial charge in [0.25, 0.3) is 0 Å². The molecule has 2 saturated carbocycles. The van der Waals surface area contributed by atoms with Crippen LogP contribution in [0.3, 0.4) is 0 Å². The lowest BCUT2D eigenvalue weighted by atomic mass is 9.56. The molecule has 3 aliphatic carbocycles. The Bertz CT molecular complexity index is 1290. The minimum atomic E-state index is -3.91. The Morgan fingerprint density at radius 2 is 1.73 bits per heavy atom. The maximum absolute atomic E-state index is 13.3. The van der Waals surface area contributed by atoms with Crippen LogP contribution in [0.15, 0.2) is 47.4 Å². The fraction of sp³-hybridized carbons (Fsp3) is 0.500. The molecule has 0 bridgehead atoms. The van der Waals surface area contributed by atoms with E-state index >= 15 is 0 Å². The molecule has 33 heavy (non-hydrogen) atoms. The summed E-state index contributed by atoms with van der Waals surface area (Å²) in [4.78, 5) is -0.0932. The van der Waals surface area contributed by atoms with E-state index in [1.165, 1.54) is 35.4 Å². The molecule has 2 fully saturated rings. The van der Waals surface area contributed by atoms with Crippen molar-refractivity contribution in [2.45, 2.75) is 61.5 Å². The van der Waals surface area contributed by atoms with E-state index < -0.39 is 25.4 Å². The summed E-state index contributed by atoms with van der Waals surface area (Å²) in [5.41, 5.74) is 2.16. The lowest BCUT2D eigenvalue weighted by molar-refractivity contribution is 0.0604. The zero-order valence-electron chi connectivity index (χ0n) is 18.5. The van der Waals surface area contributed by atoms with Crippen LogP contribution >= 0.6 is 0 Å². The molecule has 0 amide bonds. The first kappa shape index (κ1) is 22.7. The number of hydrogen-bond acceptors (Lipinski definition) is 6. The maximum atomic E-state index is 13.3. The number of nitrogens with two attached hydrogens (primary N) is 1. The molecule has 0 aromatic heterocycles. The van der Waals surface area contributed by atoms with Crippen molar-refractivity contribution in [3.8, 4) is 11.5 Å². The topological polar surface area (TPSA) is 124 Å². The fourth-order valence-electron chi connectivity index (χ4n) is 6.87. The van der Waals surface area contributed by atoms with Crippen molar-refractivity contribution in [1.29, 1.82) is 0 Å². The molecule has 3 N–H and O–H groups in total. The Hall–Kier alpha value is -2.10. The van der Waals surface area contributed by atoms with E-state index in [1.54, 1.807) is 6.07 Å². The second kappa shape index (κ2) is 7.71. The van der Waals surface area contributed by atoms with E-state index in [4.69, 9.17) is 9.32 Å². The van der Waals surface area contributed by atoms with Gasteiger partial charge in [0.1, 0.15) is 16.7 Å². The average Bonchev–Trinajstić information content (AvgIpc) is 3.11. The van der Waals surface area contributed by atoms with Crippen molar-refractivity contribution in [2.24, 2.45) is 22.4 Å². The number of sulfonamides is 1. The molecule has 0 radical (unpaired) electrons. The van der Waals surface area contributed by atoms with Crippen LogP contribution in [0, 0.1) is 17.3 Å². The van der Waals surface area contributed by atoms with Crippen molar-refractivity contribution < 1.29 is 26.1 Å². The van der Waals surface area contributed by atoms with Gasteiger partial charge < -0.3 is 9.29 Å². The van der Waals surface area contributed by atoms with Gasteiger partial charge in [-0.3, -0.25) is 0 Å². The summed E-state index contributed by atoms with van der Waals surface area (Å²) in [6.07, 6.45) is 5.04. The molecule has 0 heterocycles. The molecule has 0 spiro atoms. The first-order valence-electron chi connectivity index (χ1n) is 11.4. The largest absolute Gasteiger partial charge is 0.508 e. The molecule has 0 aliphatic heterocycles. The van der Waals surface area contributed by atoms with Gasteiger partial charge >= 0.3 is 10.1 Å². The average molecular weight is 492 g/mol. The van der Waals surface area contributed by atoms with E-state index in [-0.39, 0.29) is 16.1 Å². The summed E-state index contributed by atoms with van der Waals surface area (Å²) < 4.78 is 55.1. The second-order valence-electron chi connectivity index (χ2n) is 10.0. The van der Waals surface area contributed by atoms with Crippen molar-refractivity contribution in [2.75, 3.05) is 0 Å². The minimum Gasteiger partial charge on any atom is -0.508 e. The number of fused-ring (bicyclic) bond motifs is 5. The van der Waals surface area contributed by atoms with Crippen LogP contribution < -0.4 is 9.32 Å². The molecule has 3 aliphatic rings. The molecular weight excluding hydrogens is 462 g/mol. The monoisotopic (exact) mass is 491 g/mol. The number of phenolic OH excluding ortho intramolecular Hbond substituents is 1. The van der Waals surface area contributed by atoms with E-state index in [1.807, 2.05) is 12.1 Å². The summed E-state index contributed by atoms with van der Waals surface area (Å²) in [6.45, 7) is 2.10. The molecule has 2 aromatic rings. The van der Waals surface area contributed by atoms with Gasteiger partial charge in [-0.15, -0.1) is 0 Å². The SMILES string of the molecule is C[C@]12CCC3c4ccc(O)cc4CCC3C1CC[C@@H]2S(=O)(=O)Oc1ccc(S(N)(=O)=O)cc1. The number of primary sulfonamides is 1. The van der Waals surface area contributed by atoms with Crippen LogP contribution in [0.5, 0.6) is 11.5 Å². The van der Waals surface area contributed by atoms with E-state index in [2.05, 4.69) is 6.92 Å². The molecule has 9 heteroatoms. The molecule has 2 aromatic carbocycles. The first-order chi connectivity index (χ1) is 15.5. The highest BCUT2D eigenvalue weighted by molar-refractivity contribution is 7.89. The summed E-state index contributed by atoms with van der Waals surface area (Å²) in [5, 5.41) is 14.4. The van der Waals surface area contributed by atoms with Crippen molar-refractivity contribution >= 4 is 20.1 Å². The van der Waals surface area contributed by atoms with E-state index in [9.17, 15) is 21.9 Å². The summed E-state index contributed by atoms with van der Waals surface area (Å²) in [5.74, 6) is 1.52. The van der Waals surface area contributed by atoms with Crippen LogP contribution in [0.1, 0.15) is 56.1 Å². The molecular formula is C24H29NO6S2. The predicted molar refractivity (Wildman–Crippen MR) is 124 cm³/mol. The van der Waals surface area contributed by atoms with Crippen molar-refractivity contribution in [3.63, 3.8) is 0 Å². The van der Waals surface area contributed by atoms with Gasteiger partial charge in [0.15, 0.2) is 0 Å². The van der Waals surface area contributed by atoms with Crippen LogP contribution in [0.25, 0.3) is 0 Å². The van der Waals surface area contributed by atoms with Crippen molar-refractivity contribution in [3.05, 3.63) is 53.6 Å². The zero-order valence-corrected chi connectivity index (χ0v) is 20.1. The molecule has 0 saturated heterocycles. The first-order valence-corrected chi connectivity index (χ1v) is 14.4. The molecule has 5 rings (SSSR count). The normalized spacial score (nSPS) is 31.3. The Kier molecular flexibility index (Phi) is 5.30. The molecule has 7 nitrogen and oxygen atoms in total. The van der Waals surface area contributed by atoms with Crippen LogP contribution in [-0.2, 0) is 26.6 Å².